The number of ether oxygens (including phenoxy) is 2. The molecule has 5 nitrogen and oxygen atoms in total. The molecule has 1 aromatic rings. The molecular formula is C12H12N2O3. The zero-order valence-corrected chi connectivity index (χ0v) is 9.58. The van der Waals surface area contributed by atoms with Crippen LogP contribution in [0.1, 0.15) is 5.56 Å². The Morgan fingerprint density at radius 1 is 1.29 bits per heavy atom. The van der Waals surface area contributed by atoms with Crippen molar-refractivity contribution in [2.24, 2.45) is 0 Å². The lowest BCUT2D eigenvalue weighted by atomic mass is 10.2. The second kappa shape index (κ2) is 6.25. The number of esters is 1. The highest BCUT2D eigenvalue weighted by molar-refractivity contribution is 6.39. The largest absolute Gasteiger partial charge is 0.497 e. The zero-order valence-electron chi connectivity index (χ0n) is 9.58. The van der Waals surface area contributed by atoms with Gasteiger partial charge in [0.15, 0.2) is 0 Å². The predicted octanol–water partition coefficient (Wildman–Crippen LogP) is 1.55. The molecular weight excluding hydrogens is 220 g/mol. The highest BCUT2D eigenvalue weighted by atomic mass is 16.5. The molecule has 0 radical (unpaired) electrons. The molecule has 1 aromatic carbocycles. The summed E-state index contributed by atoms with van der Waals surface area (Å²) in [6.07, 6.45) is 3.00. The molecule has 0 saturated carbocycles. The van der Waals surface area contributed by atoms with Gasteiger partial charge in [-0.25, -0.2) is 4.79 Å². The molecule has 1 rings (SSSR count). The van der Waals surface area contributed by atoms with E-state index in [1.165, 1.54) is 13.2 Å². The average molecular weight is 232 g/mol. The Hall–Kier alpha value is -2.39. The normalized spacial score (nSPS) is 9.76. The summed E-state index contributed by atoms with van der Waals surface area (Å²) in [7, 11) is 2.80. The quantitative estimate of drug-likeness (QED) is 0.342. The first kappa shape index (κ1) is 12.7. The van der Waals surface area contributed by atoms with Crippen LogP contribution in [0.5, 0.6) is 5.75 Å². The molecule has 0 fully saturated rings. The van der Waals surface area contributed by atoms with Crippen molar-refractivity contribution in [2.45, 2.75) is 0 Å². The van der Waals surface area contributed by atoms with Gasteiger partial charge in [0.1, 0.15) is 5.75 Å². The second-order valence-electron chi connectivity index (χ2n) is 3.08. The Morgan fingerprint density at radius 2 is 1.94 bits per heavy atom. The van der Waals surface area contributed by atoms with Gasteiger partial charge in [0.25, 0.3) is 0 Å². The van der Waals surface area contributed by atoms with Crippen molar-refractivity contribution < 1.29 is 19.1 Å². The average Bonchev–Trinajstić information content (AvgIpc) is 2.39. The summed E-state index contributed by atoms with van der Waals surface area (Å²) < 4.78 is 9.44. The highest BCUT2D eigenvalue weighted by Crippen LogP contribution is 2.12. The number of rotatable bonds is 4. The number of methoxy groups -OCH3 is 2. The summed E-state index contributed by atoms with van der Waals surface area (Å²) in [5.74, 6) is 0.0448. The number of benzene rings is 1. The van der Waals surface area contributed by atoms with E-state index in [4.69, 9.17) is 10.3 Å². The maximum absolute atomic E-state index is 11.1. The van der Waals surface area contributed by atoms with E-state index in [0.717, 1.165) is 11.3 Å². The number of hydrogen-bond donors (Lipinski definition) is 0. The summed E-state index contributed by atoms with van der Waals surface area (Å²) in [5.41, 5.74) is 9.28. The van der Waals surface area contributed by atoms with Crippen LogP contribution >= 0.6 is 0 Å². The molecule has 0 aliphatic carbocycles. The summed E-state index contributed by atoms with van der Waals surface area (Å²) in [6.45, 7) is 0. The van der Waals surface area contributed by atoms with Crippen molar-refractivity contribution in [3.63, 3.8) is 0 Å². The Labute approximate surface area is 98.9 Å². The van der Waals surface area contributed by atoms with E-state index in [1.807, 2.05) is 12.1 Å². The number of carbonyl (C=O) groups excluding carboxylic acids is 1. The minimum atomic E-state index is -0.697. The third-order valence-electron chi connectivity index (χ3n) is 2.05. The Morgan fingerprint density at radius 3 is 2.41 bits per heavy atom. The minimum Gasteiger partial charge on any atom is -0.497 e. The van der Waals surface area contributed by atoms with E-state index < -0.39 is 5.97 Å². The van der Waals surface area contributed by atoms with Crippen LogP contribution in [0.3, 0.4) is 0 Å². The molecule has 0 saturated heterocycles. The first-order valence-corrected chi connectivity index (χ1v) is 4.83. The van der Waals surface area contributed by atoms with Gasteiger partial charge in [-0.2, -0.15) is 4.79 Å². The first-order valence-electron chi connectivity index (χ1n) is 4.83. The molecule has 0 bridgehead atoms. The van der Waals surface area contributed by atoms with E-state index in [2.05, 4.69) is 9.53 Å². The maximum atomic E-state index is 11.1. The first-order chi connectivity index (χ1) is 8.21. The van der Waals surface area contributed by atoms with Gasteiger partial charge in [-0.1, -0.05) is 12.1 Å². The van der Waals surface area contributed by atoms with Gasteiger partial charge in [0.2, 0.25) is 0 Å². The van der Waals surface area contributed by atoms with Crippen molar-refractivity contribution in [2.75, 3.05) is 14.2 Å². The van der Waals surface area contributed by atoms with Crippen LogP contribution in [0.2, 0.25) is 0 Å². The van der Waals surface area contributed by atoms with E-state index in [9.17, 15) is 4.79 Å². The minimum absolute atomic E-state index is 0.164. The fourth-order valence-corrected chi connectivity index (χ4v) is 1.14. The summed E-state index contributed by atoms with van der Waals surface area (Å²) in [4.78, 5) is 13.9. The lowest BCUT2D eigenvalue weighted by Gasteiger charge is -1.98. The summed E-state index contributed by atoms with van der Waals surface area (Å²) in [5, 5.41) is 0. The van der Waals surface area contributed by atoms with Gasteiger partial charge >= 0.3 is 11.7 Å². The van der Waals surface area contributed by atoms with Crippen LogP contribution in [-0.2, 0) is 9.53 Å². The predicted molar refractivity (Wildman–Crippen MR) is 62.7 cm³/mol. The molecule has 0 amide bonds. The SMILES string of the molecule is COC(=O)C(/C=C/c1ccc(OC)cc1)=[N+]=[N-]. The topological polar surface area (TPSA) is 71.9 Å². The van der Waals surface area contributed by atoms with Gasteiger partial charge in [0.05, 0.1) is 14.2 Å². The van der Waals surface area contributed by atoms with Gasteiger partial charge in [-0.15, -0.1) is 0 Å². The van der Waals surface area contributed by atoms with Crippen molar-refractivity contribution in [3.05, 3.63) is 41.4 Å². The molecule has 17 heavy (non-hydrogen) atoms. The van der Waals surface area contributed by atoms with Crippen molar-refractivity contribution in [1.29, 1.82) is 0 Å². The number of nitrogens with zero attached hydrogens (tertiary/aromatic N) is 2. The fourth-order valence-electron chi connectivity index (χ4n) is 1.14. The van der Waals surface area contributed by atoms with Crippen molar-refractivity contribution in [1.82, 2.24) is 0 Å². The Bertz CT molecular complexity index is 471. The third-order valence-corrected chi connectivity index (χ3v) is 2.05. The van der Waals surface area contributed by atoms with Crippen LogP contribution < -0.4 is 4.74 Å². The highest BCUT2D eigenvalue weighted by Gasteiger charge is 2.16. The maximum Gasteiger partial charge on any atom is 0.421 e. The number of hydrogen-bond acceptors (Lipinski definition) is 3. The Balaban J connectivity index is 2.82. The zero-order chi connectivity index (χ0) is 12.7. The van der Waals surface area contributed by atoms with E-state index in [0.29, 0.717) is 0 Å². The van der Waals surface area contributed by atoms with Crippen LogP contribution in [0, 0.1) is 0 Å². The smallest absolute Gasteiger partial charge is 0.421 e. The van der Waals surface area contributed by atoms with Gasteiger partial charge in [-0.3, -0.25) is 0 Å². The lowest BCUT2D eigenvalue weighted by Crippen LogP contribution is -2.13. The van der Waals surface area contributed by atoms with Crippen LogP contribution in [0.4, 0.5) is 0 Å². The summed E-state index contributed by atoms with van der Waals surface area (Å²) in [6, 6.07) is 7.18. The molecule has 88 valence electrons. The monoisotopic (exact) mass is 232 g/mol. The van der Waals surface area contributed by atoms with Crippen molar-refractivity contribution in [3.8, 4) is 5.75 Å². The Kier molecular flexibility index (Phi) is 4.66. The molecule has 5 heteroatoms. The van der Waals surface area contributed by atoms with Crippen LogP contribution in [-0.4, -0.2) is 30.7 Å². The molecule has 0 heterocycles. The van der Waals surface area contributed by atoms with Crippen LogP contribution in [0.15, 0.2) is 30.3 Å². The standard InChI is InChI=1S/C12H12N2O3/c1-16-10-6-3-9(4-7-10)5-8-11(14-13)12(15)17-2/h3-8H,1-2H3/b8-5+. The molecule has 0 atom stereocenters. The number of carbonyl (C=O) groups is 1. The van der Waals surface area contributed by atoms with E-state index >= 15 is 0 Å². The second-order valence-corrected chi connectivity index (χ2v) is 3.08. The molecule has 0 unspecified atom stereocenters. The molecule has 0 aliphatic rings. The van der Waals surface area contributed by atoms with Gasteiger partial charge < -0.3 is 15.0 Å². The summed E-state index contributed by atoms with van der Waals surface area (Å²) >= 11 is 0. The van der Waals surface area contributed by atoms with Gasteiger partial charge in [0, 0.05) is 6.08 Å². The van der Waals surface area contributed by atoms with E-state index in [1.54, 1.807) is 25.3 Å². The van der Waals surface area contributed by atoms with Gasteiger partial charge in [-0.05, 0) is 23.8 Å². The molecule has 0 aromatic heterocycles. The lowest BCUT2D eigenvalue weighted by molar-refractivity contribution is -0.137. The van der Waals surface area contributed by atoms with Crippen molar-refractivity contribution >= 4 is 17.8 Å². The van der Waals surface area contributed by atoms with Crippen LogP contribution in [0.25, 0.3) is 11.6 Å². The molecule has 0 aliphatic heterocycles. The fraction of sp³-hybridized carbons (Fsp3) is 0.167. The third kappa shape index (κ3) is 3.59. The van der Waals surface area contributed by atoms with E-state index in [-0.39, 0.29) is 5.71 Å². The molecule has 0 spiro atoms. The molecule has 0 N–H and O–H groups in total.